The normalized spacial score (nSPS) is 23.4. The molecule has 0 spiro atoms. The number of carbonyl (C=O) groups is 2. The molecule has 3 aliphatic heterocycles. The van der Waals surface area contributed by atoms with Gasteiger partial charge in [0.1, 0.15) is 6.54 Å². The second kappa shape index (κ2) is 8.38. The summed E-state index contributed by atoms with van der Waals surface area (Å²) >= 11 is 0. The highest BCUT2D eigenvalue weighted by atomic mass is 16.5. The first-order chi connectivity index (χ1) is 13.6. The average Bonchev–Trinajstić information content (AvgIpc) is 3.24. The number of anilines is 1. The standard InChI is InChI=1S/C20H27N5O3/c21-19-20(27)25(14-18(26)24-7-3-4-8-24)17-6-2-1-5-15(17)16(22-19)13-23-9-11-28-12-10-23/h1-2,5-6,19H,3-4,7-14,21H2. The number of nitrogens with zero attached hydrogens (tertiary/aromatic N) is 4. The van der Waals surface area contributed by atoms with Crippen LogP contribution in [-0.4, -0.2) is 86.0 Å². The van der Waals surface area contributed by atoms with Crippen LogP contribution >= 0.6 is 0 Å². The van der Waals surface area contributed by atoms with Crippen LogP contribution in [0.4, 0.5) is 5.69 Å². The molecular weight excluding hydrogens is 358 g/mol. The largest absolute Gasteiger partial charge is 0.379 e. The molecule has 150 valence electrons. The summed E-state index contributed by atoms with van der Waals surface area (Å²) in [6, 6.07) is 7.63. The third-order valence-electron chi connectivity index (χ3n) is 5.55. The summed E-state index contributed by atoms with van der Waals surface area (Å²) < 4.78 is 5.42. The van der Waals surface area contributed by atoms with Crippen molar-refractivity contribution < 1.29 is 14.3 Å². The highest BCUT2D eigenvalue weighted by molar-refractivity contribution is 6.14. The van der Waals surface area contributed by atoms with E-state index < -0.39 is 6.17 Å². The molecule has 8 heteroatoms. The number of aliphatic imine (C=N–C) groups is 1. The Morgan fingerprint density at radius 2 is 1.86 bits per heavy atom. The molecule has 1 aromatic carbocycles. The van der Waals surface area contributed by atoms with Gasteiger partial charge in [-0.3, -0.25) is 24.4 Å². The number of ether oxygens (including phenoxy) is 1. The van der Waals surface area contributed by atoms with E-state index in [-0.39, 0.29) is 18.4 Å². The van der Waals surface area contributed by atoms with Gasteiger partial charge in [-0.15, -0.1) is 0 Å². The molecule has 1 unspecified atom stereocenters. The van der Waals surface area contributed by atoms with E-state index in [0.29, 0.717) is 25.4 Å². The van der Waals surface area contributed by atoms with Crippen LogP contribution in [0.25, 0.3) is 0 Å². The number of rotatable bonds is 4. The van der Waals surface area contributed by atoms with E-state index in [1.54, 1.807) is 0 Å². The van der Waals surface area contributed by atoms with Gasteiger partial charge in [-0.1, -0.05) is 18.2 Å². The number of likely N-dealkylation sites (tertiary alicyclic amines) is 1. The van der Waals surface area contributed by atoms with Crippen molar-refractivity contribution in [2.45, 2.75) is 19.0 Å². The molecule has 2 amide bonds. The molecule has 28 heavy (non-hydrogen) atoms. The molecule has 3 heterocycles. The minimum atomic E-state index is -1.00. The quantitative estimate of drug-likeness (QED) is 0.792. The molecule has 0 saturated carbocycles. The van der Waals surface area contributed by atoms with Crippen molar-refractivity contribution in [1.29, 1.82) is 0 Å². The van der Waals surface area contributed by atoms with Gasteiger partial charge in [0.2, 0.25) is 5.91 Å². The van der Waals surface area contributed by atoms with Crippen molar-refractivity contribution in [3.63, 3.8) is 0 Å². The fourth-order valence-electron chi connectivity index (χ4n) is 3.99. The Hall–Kier alpha value is -2.29. The topological polar surface area (TPSA) is 91.5 Å². The van der Waals surface area contributed by atoms with E-state index in [1.807, 2.05) is 29.2 Å². The van der Waals surface area contributed by atoms with E-state index in [1.165, 1.54) is 4.90 Å². The third-order valence-corrected chi connectivity index (χ3v) is 5.55. The van der Waals surface area contributed by atoms with Gasteiger partial charge in [0.05, 0.1) is 24.6 Å². The molecule has 2 fully saturated rings. The summed E-state index contributed by atoms with van der Waals surface area (Å²) in [6.45, 7) is 5.15. The Balaban J connectivity index is 1.61. The first kappa shape index (κ1) is 19.0. The lowest BCUT2D eigenvalue weighted by atomic mass is 10.1. The minimum absolute atomic E-state index is 0.00387. The van der Waals surface area contributed by atoms with Crippen LogP contribution < -0.4 is 10.6 Å². The van der Waals surface area contributed by atoms with Gasteiger partial charge in [0.25, 0.3) is 5.91 Å². The molecule has 1 aromatic rings. The maximum Gasteiger partial charge on any atom is 0.266 e. The Kier molecular flexibility index (Phi) is 5.70. The lowest BCUT2D eigenvalue weighted by molar-refractivity contribution is -0.130. The smallest absolute Gasteiger partial charge is 0.266 e. The summed E-state index contributed by atoms with van der Waals surface area (Å²) in [6.07, 6.45) is 1.03. The van der Waals surface area contributed by atoms with Crippen LogP contribution in [0.15, 0.2) is 29.3 Å². The lowest BCUT2D eigenvalue weighted by Gasteiger charge is -2.28. The van der Waals surface area contributed by atoms with Crippen molar-refractivity contribution >= 4 is 23.2 Å². The molecule has 2 N–H and O–H groups in total. The molecule has 0 aromatic heterocycles. The maximum absolute atomic E-state index is 13.0. The zero-order valence-corrected chi connectivity index (χ0v) is 16.0. The Morgan fingerprint density at radius 3 is 2.61 bits per heavy atom. The maximum atomic E-state index is 13.0. The van der Waals surface area contributed by atoms with E-state index in [2.05, 4.69) is 9.89 Å². The first-order valence-electron chi connectivity index (χ1n) is 9.94. The zero-order valence-electron chi connectivity index (χ0n) is 16.0. The van der Waals surface area contributed by atoms with Gasteiger partial charge in [-0.25, -0.2) is 0 Å². The minimum Gasteiger partial charge on any atom is -0.379 e. The van der Waals surface area contributed by atoms with E-state index in [0.717, 1.165) is 50.3 Å². The Bertz CT molecular complexity index is 769. The molecule has 0 aliphatic carbocycles. The predicted molar refractivity (Wildman–Crippen MR) is 106 cm³/mol. The zero-order chi connectivity index (χ0) is 19.5. The molecule has 4 rings (SSSR count). The van der Waals surface area contributed by atoms with Gasteiger partial charge >= 0.3 is 0 Å². The summed E-state index contributed by atoms with van der Waals surface area (Å²) in [5.74, 6) is -0.374. The number of fused-ring (bicyclic) bond motifs is 1. The van der Waals surface area contributed by atoms with Crippen molar-refractivity contribution in [2.75, 3.05) is 57.4 Å². The van der Waals surface area contributed by atoms with Crippen molar-refractivity contribution in [3.05, 3.63) is 29.8 Å². The summed E-state index contributed by atoms with van der Waals surface area (Å²) in [5.41, 5.74) is 8.49. The van der Waals surface area contributed by atoms with Crippen LogP contribution in [0.2, 0.25) is 0 Å². The molecule has 1 atom stereocenters. The van der Waals surface area contributed by atoms with Gasteiger partial charge < -0.3 is 15.4 Å². The molecule has 0 radical (unpaired) electrons. The van der Waals surface area contributed by atoms with Crippen LogP contribution in [0.5, 0.6) is 0 Å². The summed E-state index contributed by atoms with van der Waals surface area (Å²) in [5, 5.41) is 0. The molecular formula is C20H27N5O3. The first-order valence-corrected chi connectivity index (χ1v) is 9.94. The van der Waals surface area contributed by atoms with Crippen molar-refractivity contribution in [1.82, 2.24) is 9.80 Å². The highest BCUT2D eigenvalue weighted by Crippen LogP contribution is 2.26. The lowest BCUT2D eigenvalue weighted by Crippen LogP contribution is -2.47. The Labute approximate surface area is 164 Å². The number of nitrogens with two attached hydrogens (primary N) is 1. The van der Waals surface area contributed by atoms with Crippen molar-refractivity contribution in [2.24, 2.45) is 10.7 Å². The SMILES string of the molecule is NC1N=C(CN2CCOCC2)c2ccccc2N(CC(=O)N2CCCC2)C1=O. The van der Waals surface area contributed by atoms with Gasteiger partial charge in [0.15, 0.2) is 6.17 Å². The number of hydrogen-bond donors (Lipinski definition) is 1. The highest BCUT2D eigenvalue weighted by Gasteiger charge is 2.32. The number of hydrogen-bond acceptors (Lipinski definition) is 6. The predicted octanol–water partition coefficient (Wildman–Crippen LogP) is 0.0617. The molecule has 2 saturated heterocycles. The number of carbonyl (C=O) groups excluding carboxylic acids is 2. The Morgan fingerprint density at radius 1 is 1.14 bits per heavy atom. The van der Waals surface area contributed by atoms with Gasteiger partial charge in [0, 0.05) is 38.3 Å². The monoisotopic (exact) mass is 385 g/mol. The number of para-hydroxylation sites is 1. The van der Waals surface area contributed by atoms with Crippen LogP contribution in [-0.2, 0) is 14.3 Å². The molecule has 8 nitrogen and oxygen atoms in total. The van der Waals surface area contributed by atoms with E-state index in [4.69, 9.17) is 10.5 Å². The fraction of sp³-hybridized carbons (Fsp3) is 0.550. The number of benzene rings is 1. The van der Waals surface area contributed by atoms with Crippen LogP contribution in [0.1, 0.15) is 18.4 Å². The van der Waals surface area contributed by atoms with Crippen LogP contribution in [0.3, 0.4) is 0 Å². The average molecular weight is 385 g/mol. The molecule has 3 aliphatic rings. The van der Waals surface area contributed by atoms with Gasteiger partial charge in [-0.2, -0.15) is 0 Å². The van der Waals surface area contributed by atoms with E-state index >= 15 is 0 Å². The van der Waals surface area contributed by atoms with E-state index in [9.17, 15) is 9.59 Å². The van der Waals surface area contributed by atoms with Crippen molar-refractivity contribution in [3.8, 4) is 0 Å². The summed E-state index contributed by atoms with van der Waals surface area (Å²) in [7, 11) is 0. The summed E-state index contributed by atoms with van der Waals surface area (Å²) in [4.78, 5) is 35.8. The number of benzodiazepines with no additional fused rings is 1. The fourth-order valence-corrected chi connectivity index (χ4v) is 3.99. The number of amides is 2. The second-order valence-electron chi connectivity index (χ2n) is 7.44. The third kappa shape index (κ3) is 3.94. The van der Waals surface area contributed by atoms with Crippen LogP contribution in [0, 0.1) is 0 Å². The number of morpholine rings is 1. The second-order valence-corrected chi connectivity index (χ2v) is 7.44. The van der Waals surface area contributed by atoms with Gasteiger partial charge in [-0.05, 0) is 18.9 Å². The molecule has 0 bridgehead atoms.